The number of piperidine rings is 1. The summed E-state index contributed by atoms with van der Waals surface area (Å²) in [6, 6.07) is 18.5. The van der Waals surface area contributed by atoms with Crippen LogP contribution in [0.4, 0.5) is 14.5 Å². The van der Waals surface area contributed by atoms with Crippen LogP contribution in [0, 0.1) is 11.6 Å². The first-order chi connectivity index (χ1) is 24.0. The van der Waals surface area contributed by atoms with E-state index in [1.54, 1.807) is 55.8 Å². The molecule has 0 spiro atoms. The second kappa shape index (κ2) is 14.2. The van der Waals surface area contributed by atoms with Gasteiger partial charge in [-0.3, -0.25) is 9.78 Å². The van der Waals surface area contributed by atoms with Crippen LogP contribution in [0.1, 0.15) is 36.2 Å². The Bertz CT molecular complexity index is 2130. The number of carbonyl (C=O) groups excluding carboxylic acids is 1. The van der Waals surface area contributed by atoms with Gasteiger partial charge < -0.3 is 24.4 Å². The van der Waals surface area contributed by atoms with E-state index in [9.17, 15) is 9.18 Å². The molecule has 0 saturated carbocycles. The quantitative estimate of drug-likeness (QED) is 0.142. The fourth-order valence-corrected chi connectivity index (χ4v) is 6.01. The third-order valence-electron chi connectivity index (χ3n) is 8.46. The first-order valence-electron chi connectivity index (χ1n) is 16.2. The molecule has 10 nitrogen and oxygen atoms in total. The lowest BCUT2D eigenvalue weighted by Crippen LogP contribution is -2.31. The summed E-state index contributed by atoms with van der Waals surface area (Å²) in [6.07, 6.45) is 7.80. The van der Waals surface area contributed by atoms with Gasteiger partial charge in [0.05, 0.1) is 31.1 Å². The molecule has 12 heteroatoms. The minimum absolute atomic E-state index is 0.00883. The van der Waals surface area contributed by atoms with E-state index in [-0.39, 0.29) is 22.7 Å². The standard InChI is InChI=1S/C37H34F2N6O4/c1-47-34-21-26-29(23-35(34)48-19-7-18-44-16-5-2-6-17-44)40-14-12-32(26)49-33-11-10-24(20-28(33)39)42-37(46)30-22-31(25-8-3-4-9-27(25)38)45-36(43-30)13-15-41-45/h3-4,8-15,20-23H,2,5-7,16-19H2,1H3,(H,42,46). The number of likely N-dealkylation sites (tertiary alicyclic amines) is 1. The van der Waals surface area contributed by atoms with Gasteiger partial charge in [0.15, 0.2) is 28.7 Å². The summed E-state index contributed by atoms with van der Waals surface area (Å²) in [5, 5.41) is 7.49. The SMILES string of the molecule is COc1cc2c(Oc3ccc(NC(=O)c4cc(-c5ccccc5F)n5nccc5n4)cc3F)ccnc2cc1OCCCN1CCCCC1. The normalized spacial score (nSPS) is 13.4. The zero-order valence-electron chi connectivity index (χ0n) is 26.9. The first-order valence-corrected chi connectivity index (χ1v) is 16.2. The van der Waals surface area contributed by atoms with Crippen LogP contribution in [0.5, 0.6) is 23.0 Å². The van der Waals surface area contributed by atoms with Gasteiger partial charge in [-0.05, 0) is 74.8 Å². The van der Waals surface area contributed by atoms with Gasteiger partial charge in [0.25, 0.3) is 5.91 Å². The molecule has 1 fully saturated rings. The van der Waals surface area contributed by atoms with Crippen molar-refractivity contribution in [2.75, 3.05) is 38.7 Å². The Labute approximate surface area is 281 Å². The molecule has 1 aliphatic rings. The maximum absolute atomic E-state index is 15.4. The van der Waals surface area contributed by atoms with E-state index in [1.165, 1.54) is 54.2 Å². The number of pyridine rings is 1. The molecular weight excluding hydrogens is 630 g/mol. The molecule has 4 heterocycles. The van der Waals surface area contributed by atoms with Crippen molar-refractivity contribution in [1.82, 2.24) is 24.5 Å². The Morgan fingerprint density at radius 2 is 1.73 bits per heavy atom. The first kappa shape index (κ1) is 32.0. The van der Waals surface area contributed by atoms with E-state index >= 15 is 4.39 Å². The van der Waals surface area contributed by atoms with Crippen molar-refractivity contribution in [2.45, 2.75) is 25.7 Å². The molecule has 3 aromatic heterocycles. The maximum atomic E-state index is 15.4. The van der Waals surface area contributed by atoms with Crippen molar-refractivity contribution in [3.8, 4) is 34.3 Å². The van der Waals surface area contributed by atoms with Gasteiger partial charge in [-0.2, -0.15) is 5.10 Å². The molecule has 3 aromatic carbocycles. The molecule has 0 atom stereocenters. The molecule has 7 rings (SSSR count). The summed E-state index contributed by atoms with van der Waals surface area (Å²) in [5.41, 5.74) is 1.75. The minimum Gasteiger partial charge on any atom is -0.493 e. The Balaban J connectivity index is 1.06. The van der Waals surface area contributed by atoms with Crippen molar-refractivity contribution < 1.29 is 27.8 Å². The fourth-order valence-electron chi connectivity index (χ4n) is 6.01. The van der Waals surface area contributed by atoms with Crippen LogP contribution < -0.4 is 19.5 Å². The second-order valence-corrected chi connectivity index (χ2v) is 11.7. The van der Waals surface area contributed by atoms with Crippen LogP contribution >= 0.6 is 0 Å². The fraction of sp³-hybridized carbons (Fsp3) is 0.243. The summed E-state index contributed by atoms with van der Waals surface area (Å²) in [7, 11) is 1.56. The third kappa shape index (κ3) is 7.00. The number of fused-ring (bicyclic) bond motifs is 2. The molecule has 0 radical (unpaired) electrons. The number of ether oxygens (including phenoxy) is 3. The van der Waals surface area contributed by atoms with Crippen LogP contribution in [0.2, 0.25) is 0 Å². The second-order valence-electron chi connectivity index (χ2n) is 11.7. The zero-order chi connectivity index (χ0) is 33.7. The van der Waals surface area contributed by atoms with Gasteiger partial charge in [-0.1, -0.05) is 18.6 Å². The number of aromatic nitrogens is 4. The number of amides is 1. The molecule has 0 bridgehead atoms. The molecule has 0 aliphatic carbocycles. The molecule has 250 valence electrons. The Morgan fingerprint density at radius 3 is 2.55 bits per heavy atom. The number of nitrogens with one attached hydrogen (secondary N) is 1. The van der Waals surface area contributed by atoms with Crippen molar-refractivity contribution in [3.05, 3.63) is 103 Å². The number of anilines is 1. The van der Waals surface area contributed by atoms with E-state index in [4.69, 9.17) is 14.2 Å². The molecule has 6 aromatic rings. The Morgan fingerprint density at radius 1 is 0.878 bits per heavy atom. The average Bonchev–Trinajstić information content (AvgIpc) is 3.60. The average molecular weight is 665 g/mol. The highest BCUT2D eigenvalue weighted by Gasteiger charge is 2.18. The largest absolute Gasteiger partial charge is 0.493 e. The number of rotatable bonds is 11. The Hall–Kier alpha value is -5.62. The molecule has 49 heavy (non-hydrogen) atoms. The van der Waals surface area contributed by atoms with Gasteiger partial charge in [0, 0.05) is 47.6 Å². The molecule has 0 unspecified atom stereocenters. The summed E-state index contributed by atoms with van der Waals surface area (Å²) < 4.78 is 49.2. The lowest BCUT2D eigenvalue weighted by molar-refractivity contribution is 0.102. The van der Waals surface area contributed by atoms with E-state index in [1.807, 2.05) is 0 Å². The van der Waals surface area contributed by atoms with Gasteiger partial charge in [-0.25, -0.2) is 18.3 Å². The zero-order valence-corrected chi connectivity index (χ0v) is 26.9. The van der Waals surface area contributed by atoms with Gasteiger partial charge in [-0.15, -0.1) is 0 Å². The number of halogens is 2. The summed E-state index contributed by atoms with van der Waals surface area (Å²) in [4.78, 5) is 24.5. The van der Waals surface area contributed by atoms with Gasteiger partial charge >= 0.3 is 0 Å². The predicted molar refractivity (Wildman–Crippen MR) is 182 cm³/mol. The van der Waals surface area contributed by atoms with Crippen LogP contribution in [0.15, 0.2) is 85.2 Å². The maximum Gasteiger partial charge on any atom is 0.274 e. The van der Waals surface area contributed by atoms with Crippen LogP contribution in [0.3, 0.4) is 0 Å². The molecular formula is C37H34F2N6O4. The highest BCUT2D eigenvalue weighted by atomic mass is 19.1. The number of nitrogens with zero attached hydrogens (tertiary/aromatic N) is 5. The van der Waals surface area contributed by atoms with Crippen LogP contribution in [-0.4, -0.2) is 63.7 Å². The lowest BCUT2D eigenvalue weighted by Gasteiger charge is -2.26. The minimum atomic E-state index is -0.699. The van der Waals surface area contributed by atoms with E-state index < -0.39 is 17.5 Å². The molecule has 1 aliphatic heterocycles. The van der Waals surface area contributed by atoms with Crippen molar-refractivity contribution >= 4 is 28.1 Å². The monoisotopic (exact) mass is 664 g/mol. The summed E-state index contributed by atoms with van der Waals surface area (Å²) in [6.45, 7) is 3.83. The highest BCUT2D eigenvalue weighted by Crippen LogP contribution is 2.38. The van der Waals surface area contributed by atoms with Crippen molar-refractivity contribution in [2.24, 2.45) is 0 Å². The topological polar surface area (TPSA) is 103 Å². The van der Waals surface area contributed by atoms with Crippen LogP contribution in [-0.2, 0) is 0 Å². The van der Waals surface area contributed by atoms with Crippen molar-refractivity contribution in [3.63, 3.8) is 0 Å². The smallest absolute Gasteiger partial charge is 0.274 e. The highest BCUT2D eigenvalue weighted by molar-refractivity contribution is 6.03. The number of hydrogen-bond acceptors (Lipinski definition) is 8. The van der Waals surface area contributed by atoms with Crippen LogP contribution in [0.25, 0.3) is 27.8 Å². The number of hydrogen-bond donors (Lipinski definition) is 1. The number of methoxy groups -OCH3 is 1. The Kier molecular flexibility index (Phi) is 9.29. The van der Waals surface area contributed by atoms with E-state index in [0.717, 1.165) is 32.1 Å². The predicted octanol–water partition coefficient (Wildman–Crippen LogP) is 7.53. The van der Waals surface area contributed by atoms with Crippen molar-refractivity contribution in [1.29, 1.82) is 0 Å². The summed E-state index contributed by atoms with van der Waals surface area (Å²) in [5.74, 6) is -0.365. The molecule has 1 saturated heterocycles. The van der Waals surface area contributed by atoms with E-state index in [0.29, 0.717) is 46.1 Å². The van der Waals surface area contributed by atoms with Gasteiger partial charge in [0.2, 0.25) is 0 Å². The number of benzene rings is 3. The summed E-state index contributed by atoms with van der Waals surface area (Å²) >= 11 is 0. The molecule has 1 N–H and O–H groups in total. The number of carbonyl (C=O) groups is 1. The molecule has 1 amide bonds. The van der Waals surface area contributed by atoms with E-state index in [2.05, 4.69) is 25.3 Å². The lowest BCUT2D eigenvalue weighted by atomic mass is 10.1. The van der Waals surface area contributed by atoms with Gasteiger partial charge in [0.1, 0.15) is 17.3 Å². The third-order valence-corrected chi connectivity index (χ3v) is 8.46.